The van der Waals surface area contributed by atoms with E-state index in [9.17, 15) is 4.79 Å². The molecule has 0 bridgehead atoms. The van der Waals surface area contributed by atoms with Gasteiger partial charge in [0.2, 0.25) is 11.1 Å². The minimum atomic E-state index is 0.181. The van der Waals surface area contributed by atoms with Crippen molar-refractivity contribution in [1.29, 1.82) is 0 Å². The lowest BCUT2D eigenvalue weighted by Gasteiger charge is -2.14. The van der Waals surface area contributed by atoms with E-state index in [-0.39, 0.29) is 11.8 Å². The van der Waals surface area contributed by atoms with Gasteiger partial charge in [0, 0.05) is 18.9 Å². The van der Waals surface area contributed by atoms with E-state index in [1.165, 1.54) is 17.3 Å². The molecule has 1 aromatic heterocycles. The summed E-state index contributed by atoms with van der Waals surface area (Å²) >= 11 is 1.49. The van der Waals surface area contributed by atoms with Crippen LogP contribution in [0.15, 0.2) is 35.5 Å². The van der Waals surface area contributed by atoms with Crippen LogP contribution in [-0.4, -0.2) is 38.8 Å². The first-order chi connectivity index (χ1) is 9.76. The first-order valence-corrected chi connectivity index (χ1v) is 7.76. The zero-order chi connectivity index (χ0) is 13.9. The number of benzene rings is 1. The summed E-state index contributed by atoms with van der Waals surface area (Å²) in [7, 11) is 0. The molecule has 0 aliphatic carbocycles. The first-order valence-electron chi connectivity index (χ1n) is 6.54. The van der Waals surface area contributed by atoms with Gasteiger partial charge in [-0.05, 0) is 11.8 Å². The van der Waals surface area contributed by atoms with Crippen molar-refractivity contribution in [2.24, 2.45) is 0 Å². The fourth-order valence-corrected chi connectivity index (χ4v) is 2.83. The number of hydrogen-bond donors (Lipinski definition) is 1. The summed E-state index contributed by atoms with van der Waals surface area (Å²) in [5, 5.41) is 7.66. The van der Waals surface area contributed by atoms with Crippen LogP contribution in [0.2, 0.25) is 0 Å². The Morgan fingerprint density at radius 1 is 1.40 bits per heavy atom. The number of H-pyrrole nitrogens is 1. The van der Waals surface area contributed by atoms with Crippen molar-refractivity contribution in [3.63, 3.8) is 0 Å². The Bertz CT molecular complexity index is 598. The van der Waals surface area contributed by atoms with Gasteiger partial charge in [-0.25, -0.2) is 4.98 Å². The van der Waals surface area contributed by atoms with Crippen molar-refractivity contribution in [3.05, 3.63) is 41.7 Å². The molecule has 20 heavy (non-hydrogen) atoms. The maximum absolute atomic E-state index is 12.1. The molecule has 1 atom stereocenters. The molecule has 1 amide bonds. The molecule has 1 aliphatic rings. The predicted octanol–water partition coefficient (Wildman–Crippen LogP) is 2.04. The van der Waals surface area contributed by atoms with Gasteiger partial charge in [0.15, 0.2) is 0 Å². The first kappa shape index (κ1) is 13.2. The van der Waals surface area contributed by atoms with Crippen molar-refractivity contribution >= 4 is 17.7 Å². The quantitative estimate of drug-likeness (QED) is 0.875. The number of carbonyl (C=O) groups is 1. The second-order valence-electron chi connectivity index (χ2n) is 4.85. The average Bonchev–Trinajstić information content (AvgIpc) is 3.08. The van der Waals surface area contributed by atoms with E-state index < -0.39 is 0 Å². The number of hydrogen-bond acceptors (Lipinski definition) is 4. The lowest BCUT2D eigenvalue weighted by Crippen LogP contribution is -2.25. The van der Waals surface area contributed by atoms with Crippen molar-refractivity contribution in [2.45, 2.75) is 24.0 Å². The normalized spacial score (nSPS) is 18.8. The van der Waals surface area contributed by atoms with Gasteiger partial charge in [0.05, 0.1) is 6.54 Å². The molecule has 104 valence electrons. The third kappa shape index (κ3) is 2.70. The second-order valence-corrected chi connectivity index (χ2v) is 5.63. The molecule has 1 saturated heterocycles. The summed E-state index contributed by atoms with van der Waals surface area (Å²) in [4.78, 5) is 18.3. The van der Waals surface area contributed by atoms with Crippen LogP contribution in [0.5, 0.6) is 0 Å². The highest BCUT2D eigenvalue weighted by molar-refractivity contribution is 7.98. The summed E-state index contributed by atoms with van der Waals surface area (Å²) in [5.74, 6) is 1.21. The fraction of sp³-hybridized carbons (Fsp3) is 0.357. The van der Waals surface area contributed by atoms with Gasteiger partial charge in [0.25, 0.3) is 0 Å². The Morgan fingerprint density at radius 3 is 2.90 bits per heavy atom. The number of nitrogens with one attached hydrogen (secondary N) is 1. The van der Waals surface area contributed by atoms with E-state index in [1.807, 2.05) is 29.4 Å². The highest BCUT2D eigenvalue weighted by Crippen LogP contribution is 2.28. The number of thioether (sulfide) groups is 1. The van der Waals surface area contributed by atoms with Crippen LogP contribution in [0.3, 0.4) is 0 Å². The maximum atomic E-state index is 12.1. The van der Waals surface area contributed by atoms with E-state index >= 15 is 0 Å². The second kappa shape index (κ2) is 5.66. The molecule has 2 aromatic rings. The number of aromatic nitrogens is 3. The Hall–Kier alpha value is -1.82. The molecule has 6 heteroatoms. The molecular formula is C14H16N4OS. The SMILES string of the molecule is CSc1n[nH]c(CN2C[C@@H](c3ccccc3)CC2=O)n1. The van der Waals surface area contributed by atoms with E-state index in [4.69, 9.17) is 0 Å². The number of likely N-dealkylation sites (tertiary alicyclic amines) is 1. The summed E-state index contributed by atoms with van der Waals surface area (Å²) in [6, 6.07) is 10.2. The van der Waals surface area contributed by atoms with Crippen LogP contribution in [0, 0.1) is 0 Å². The van der Waals surface area contributed by atoms with Gasteiger partial charge >= 0.3 is 0 Å². The van der Waals surface area contributed by atoms with Crippen molar-refractivity contribution in [3.8, 4) is 0 Å². The smallest absolute Gasteiger partial charge is 0.223 e. The van der Waals surface area contributed by atoms with Crippen LogP contribution in [0.4, 0.5) is 0 Å². The van der Waals surface area contributed by atoms with Gasteiger partial charge in [-0.15, -0.1) is 5.10 Å². The largest absolute Gasteiger partial charge is 0.335 e. The lowest BCUT2D eigenvalue weighted by atomic mass is 9.99. The number of aromatic amines is 1. The standard InChI is InChI=1S/C14H16N4OS/c1-20-14-15-12(16-17-14)9-18-8-11(7-13(18)19)10-5-3-2-4-6-10/h2-6,11H,7-9H2,1H3,(H,15,16,17)/t11-/m0/s1. The zero-order valence-electron chi connectivity index (χ0n) is 11.2. The highest BCUT2D eigenvalue weighted by Gasteiger charge is 2.30. The molecule has 0 spiro atoms. The number of rotatable bonds is 4. The molecule has 1 fully saturated rings. The van der Waals surface area contributed by atoms with Crippen LogP contribution in [0.1, 0.15) is 23.7 Å². The van der Waals surface area contributed by atoms with E-state index in [1.54, 1.807) is 0 Å². The molecule has 5 nitrogen and oxygen atoms in total. The Balaban J connectivity index is 1.68. The summed E-state index contributed by atoms with van der Waals surface area (Å²) in [6.45, 7) is 1.26. The van der Waals surface area contributed by atoms with Crippen LogP contribution in [0.25, 0.3) is 0 Å². The van der Waals surface area contributed by atoms with Gasteiger partial charge in [0.1, 0.15) is 5.82 Å². The molecular weight excluding hydrogens is 272 g/mol. The van der Waals surface area contributed by atoms with E-state index in [0.29, 0.717) is 18.1 Å². The average molecular weight is 288 g/mol. The van der Waals surface area contributed by atoms with Gasteiger partial charge in [-0.2, -0.15) is 0 Å². The summed E-state index contributed by atoms with van der Waals surface area (Å²) in [6.07, 6.45) is 2.51. The fourth-order valence-electron chi connectivity index (χ4n) is 2.49. The molecule has 2 heterocycles. The Labute approximate surface area is 121 Å². The third-order valence-electron chi connectivity index (χ3n) is 3.52. The Kier molecular flexibility index (Phi) is 3.73. The predicted molar refractivity (Wildman–Crippen MR) is 77.4 cm³/mol. The van der Waals surface area contributed by atoms with E-state index in [0.717, 1.165) is 12.4 Å². The molecule has 1 aliphatic heterocycles. The summed E-state index contributed by atoms with van der Waals surface area (Å²) in [5.41, 5.74) is 1.23. The summed E-state index contributed by atoms with van der Waals surface area (Å²) < 4.78 is 0. The van der Waals surface area contributed by atoms with Crippen molar-refractivity contribution < 1.29 is 4.79 Å². The number of amides is 1. The van der Waals surface area contributed by atoms with Crippen molar-refractivity contribution in [2.75, 3.05) is 12.8 Å². The van der Waals surface area contributed by atoms with Crippen LogP contribution in [-0.2, 0) is 11.3 Å². The molecule has 0 saturated carbocycles. The molecule has 0 radical (unpaired) electrons. The monoisotopic (exact) mass is 288 g/mol. The topological polar surface area (TPSA) is 61.9 Å². The van der Waals surface area contributed by atoms with Gasteiger partial charge in [-0.1, -0.05) is 42.1 Å². The van der Waals surface area contributed by atoms with Gasteiger partial charge < -0.3 is 4.90 Å². The van der Waals surface area contributed by atoms with E-state index in [2.05, 4.69) is 27.3 Å². The van der Waals surface area contributed by atoms with Crippen LogP contribution < -0.4 is 0 Å². The molecule has 1 N–H and O–H groups in total. The number of nitrogens with zero attached hydrogens (tertiary/aromatic N) is 3. The highest BCUT2D eigenvalue weighted by atomic mass is 32.2. The third-order valence-corrected chi connectivity index (χ3v) is 4.07. The Morgan fingerprint density at radius 2 is 2.20 bits per heavy atom. The minimum Gasteiger partial charge on any atom is -0.335 e. The zero-order valence-corrected chi connectivity index (χ0v) is 12.1. The molecule has 3 rings (SSSR count). The van der Waals surface area contributed by atoms with Crippen LogP contribution >= 0.6 is 11.8 Å². The minimum absolute atomic E-state index is 0.181. The maximum Gasteiger partial charge on any atom is 0.223 e. The van der Waals surface area contributed by atoms with Crippen molar-refractivity contribution in [1.82, 2.24) is 20.1 Å². The molecule has 0 unspecified atom stereocenters. The molecule has 1 aromatic carbocycles. The number of carbonyl (C=O) groups excluding carboxylic acids is 1. The lowest BCUT2D eigenvalue weighted by molar-refractivity contribution is -0.128. The van der Waals surface area contributed by atoms with Gasteiger partial charge in [-0.3, -0.25) is 9.89 Å².